The molecular formula is C6H4Cl2Na2O6. The third-order valence-corrected chi connectivity index (χ3v) is 1.90. The van der Waals surface area contributed by atoms with Crippen LogP contribution in [0, 0.1) is 0 Å². The Hall–Kier alpha value is 0.920. The topological polar surface area (TPSA) is 143 Å². The molecule has 1 rings (SSSR count). The van der Waals surface area contributed by atoms with E-state index in [1.807, 2.05) is 0 Å². The summed E-state index contributed by atoms with van der Waals surface area (Å²) in [5.41, 5.74) is 0. The van der Waals surface area contributed by atoms with E-state index in [0.29, 0.717) is 0 Å². The van der Waals surface area contributed by atoms with E-state index < -0.39 is 33.1 Å². The molecule has 0 aromatic rings. The Bertz CT molecular complexity index is 289. The first kappa shape index (κ1) is 25.7. The number of allylic oxidation sites excluding steroid dienone is 2. The fourth-order valence-corrected chi connectivity index (χ4v) is 0.948. The predicted molar refractivity (Wildman–Crippen MR) is 43.0 cm³/mol. The number of halogens is 2. The summed E-state index contributed by atoms with van der Waals surface area (Å²) in [6.45, 7) is 0. The van der Waals surface area contributed by atoms with Gasteiger partial charge >= 0.3 is 59.1 Å². The summed E-state index contributed by atoms with van der Waals surface area (Å²) < 4.78 is 0. The largest absolute Gasteiger partial charge is 1.00 e. The zero-order valence-electron chi connectivity index (χ0n) is 8.39. The molecule has 1 aliphatic rings. The van der Waals surface area contributed by atoms with Crippen LogP contribution < -0.4 is 69.3 Å². The van der Waals surface area contributed by atoms with Crippen molar-refractivity contribution in [2.45, 2.75) is 0 Å². The molecule has 0 saturated heterocycles. The molecule has 0 bridgehead atoms. The molecular weight excluding hydrogens is 285 g/mol. The summed E-state index contributed by atoms with van der Waals surface area (Å²) in [4.78, 5) is 21.4. The Balaban J connectivity index is -0.000000180. The van der Waals surface area contributed by atoms with Gasteiger partial charge in [0.1, 0.15) is 0 Å². The van der Waals surface area contributed by atoms with Crippen molar-refractivity contribution < 1.29 is 89.9 Å². The summed E-state index contributed by atoms with van der Waals surface area (Å²) in [6, 6.07) is 0. The molecule has 4 N–H and O–H groups in total. The quantitative estimate of drug-likeness (QED) is 0.322. The Morgan fingerprint density at radius 3 is 1.12 bits per heavy atom. The zero-order chi connectivity index (χ0) is 9.46. The fourth-order valence-electron chi connectivity index (χ4n) is 0.605. The van der Waals surface area contributed by atoms with Gasteiger partial charge in [0.2, 0.25) is 0 Å². The number of ketones is 2. The predicted octanol–water partition coefficient (Wildman–Crippen LogP) is -8.88. The normalized spacial score (nSPS) is 14.4. The van der Waals surface area contributed by atoms with Gasteiger partial charge in [-0.3, -0.25) is 9.59 Å². The molecule has 0 radical (unpaired) electrons. The van der Waals surface area contributed by atoms with Crippen LogP contribution in [0.5, 0.6) is 0 Å². The van der Waals surface area contributed by atoms with Gasteiger partial charge in [0.25, 0.3) is 0 Å². The van der Waals surface area contributed by atoms with E-state index in [0.717, 1.165) is 0 Å². The van der Waals surface area contributed by atoms with Crippen molar-refractivity contribution in [3.8, 4) is 0 Å². The van der Waals surface area contributed by atoms with Gasteiger partial charge in [-0.1, -0.05) is 23.2 Å². The summed E-state index contributed by atoms with van der Waals surface area (Å²) >= 11 is 10.2. The van der Waals surface area contributed by atoms with Crippen LogP contribution in [0.25, 0.3) is 0 Å². The van der Waals surface area contributed by atoms with Crippen LogP contribution in [-0.2, 0) is 9.59 Å². The number of hydrogen-bond donors (Lipinski definition) is 0. The minimum Gasteiger partial charge on any atom is -0.869 e. The van der Waals surface area contributed by atoms with Crippen LogP contribution in [0.2, 0.25) is 0 Å². The van der Waals surface area contributed by atoms with Gasteiger partial charge in [0, 0.05) is 0 Å². The molecule has 0 unspecified atom stereocenters. The van der Waals surface area contributed by atoms with E-state index in [-0.39, 0.29) is 70.1 Å². The van der Waals surface area contributed by atoms with Crippen molar-refractivity contribution in [1.82, 2.24) is 0 Å². The average Bonchev–Trinajstić information content (AvgIpc) is 2.08. The minimum atomic E-state index is -1.23. The van der Waals surface area contributed by atoms with Crippen LogP contribution >= 0.6 is 23.2 Å². The summed E-state index contributed by atoms with van der Waals surface area (Å²) in [5, 5.41) is 19.6. The van der Waals surface area contributed by atoms with Gasteiger partial charge in [-0.25, -0.2) is 0 Å². The summed E-state index contributed by atoms with van der Waals surface area (Å²) in [5.74, 6) is -4.92. The Morgan fingerprint density at radius 1 is 0.750 bits per heavy atom. The van der Waals surface area contributed by atoms with E-state index in [1.54, 1.807) is 0 Å². The van der Waals surface area contributed by atoms with Crippen molar-refractivity contribution in [2.24, 2.45) is 0 Å². The molecule has 80 valence electrons. The average molecular weight is 289 g/mol. The first-order valence-corrected chi connectivity index (χ1v) is 3.45. The molecule has 0 atom stereocenters. The molecule has 0 heterocycles. The maximum Gasteiger partial charge on any atom is 1.00 e. The number of rotatable bonds is 0. The third kappa shape index (κ3) is 4.66. The summed E-state index contributed by atoms with van der Waals surface area (Å²) in [7, 11) is 0. The van der Waals surface area contributed by atoms with Crippen molar-refractivity contribution in [1.29, 1.82) is 0 Å². The molecule has 0 spiro atoms. The van der Waals surface area contributed by atoms with Gasteiger partial charge in [0.05, 0.1) is 10.1 Å². The van der Waals surface area contributed by atoms with Crippen LogP contribution in [0.1, 0.15) is 0 Å². The van der Waals surface area contributed by atoms with Gasteiger partial charge < -0.3 is 21.2 Å². The molecule has 0 aliphatic heterocycles. The van der Waals surface area contributed by atoms with E-state index in [9.17, 15) is 19.8 Å². The van der Waals surface area contributed by atoms with Gasteiger partial charge in [-0.05, 0) is 11.5 Å². The van der Waals surface area contributed by atoms with Crippen LogP contribution in [0.4, 0.5) is 0 Å². The monoisotopic (exact) mass is 288 g/mol. The number of Topliss-reactive ketones (excluding diaryl/α,β-unsaturated/α-hetero) is 2. The molecule has 0 aromatic carbocycles. The maximum atomic E-state index is 10.7. The summed E-state index contributed by atoms with van der Waals surface area (Å²) in [6.07, 6.45) is 0. The SMILES string of the molecule is O.O.O=C1C([O-])=C(Cl)C(=O)C([O-])=C1Cl.[Na+].[Na+]. The molecule has 16 heavy (non-hydrogen) atoms. The van der Waals surface area contributed by atoms with Gasteiger partial charge in [-0.15, -0.1) is 0 Å². The van der Waals surface area contributed by atoms with Gasteiger partial charge in [0.15, 0.2) is 11.6 Å². The smallest absolute Gasteiger partial charge is 0.869 e. The van der Waals surface area contributed by atoms with Gasteiger partial charge in [-0.2, -0.15) is 0 Å². The molecule has 10 heteroatoms. The Labute approximate surface area is 144 Å². The molecule has 0 amide bonds. The second kappa shape index (κ2) is 9.90. The minimum absolute atomic E-state index is 0. The fraction of sp³-hybridized carbons (Fsp3) is 0. The number of carbonyl (C=O) groups excluding carboxylic acids is 2. The van der Waals surface area contributed by atoms with Crippen molar-refractivity contribution in [3.63, 3.8) is 0 Å². The van der Waals surface area contributed by atoms with E-state index in [4.69, 9.17) is 23.2 Å². The second-order valence-corrected chi connectivity index (χ2v) is 2.70. The number of hydrogen-bond acceptors (Lipinski definition) is 4. The van der Waals surface area contributed by atoms with Crippen molar-refractivity contribution in [3.05, 3.63) is 21.6 Å². The van der Waals surface area contributed by atoms with Crippen LogP contribution in [-0.4, -0.2) is 22.5 Å². The third-order valence-electron chi connectivity index (χ3n) is 1.21. The van der Waals surface area contributed by atoms with Crippen LogP contribution in [0.3, 0.4) is 0 Å². The first-order chi connectivity index (χ1) is 5.46. The van der Waals surface area contributed by atoms with Crippen molar-refractivity contribution >= 4 is 34.8 Å². The molecule has 0 aromatic heterocycles. The number of carbonyl (C=O) groups is 2. The second-order valence-electron chi connectivity index (χ2n) is 1.94. The van der Waals surface area contributed by atoms with Crippen LogP contribution in [0.15, 0.2) is 21.6 Å². The first-order valence-electron chi connectivity index (χ1n) is 2.69. The van der Waals surface area contributed by atoms with E-state index >= 15 is 0 Å². The molecule has 0 fully saturated rings. The van der Waals surface area contributed by atoms with E-state index in [1.165, 1.54) is 0 Å². The van der Waals surface area contributed by atoms with Crippen molar-refractivity contribution in [2.75, 3.05) is 0 Å². The Kier molecular flexibility index (Phi) is 15.9. The standard InChI is InChI=1S/C6H2Cl2O4.2Na.2H2O/c7-1-3(9)5(11)2(8)6(12)4(1)10;;;;/h9,12H;;;2*1H2/q;2*+1;;/p-2. The van der Waals surface area contributed by atoms with E-state index in [2.05, 4.69) is 0 Å². The molecule has 0 saturated carbocycles. The zero-order valence-corrected chi connectivity index (χ0v) is 13.9. The maximum absolute atomic E-state index is 10.7. The molecule has 6 nitrogen and oxygen atoms in total. The Morgan fingerprint density at radius 2 is 0.938 bits per heavy atom. The molecule has 1 aliphatic carbocycles.